The largest absolute Gasteiger partial charge is 0.463 e. The molecule has 1 aliphatic heterocycles. The van der Waals surface area contributed by atoms with Crippen LogP contribution in [-0.4, -0.2) is 48.7 Å². The van der Waals surface area contributed by atoms with Crippen LogP contribution in [-0.2, 0) is 33.6 Å². The maximum atomic E-state index is 12.7. The molecule has 13 heteroatoms. The zero-order chi connectivity index (χ0) is 25.9. The van der Waals surface area contributed by atoms with Gasteiger partial charge in [0, 0.05) is 26.5 Å². The number of aryl methyl sites for hydroxylation is 1. The third-order valence-corrected chi connectivity index (χ3v) is 7.01. The Hall–Kier alpha value is -3.22. The van der Waals surface area contributed by atoms with E-state index in [9.17, 15) is 27.6 Å². The van der Waals surface area contributed by atoms with Crippen LogP contribution < -0.4 is 11.2 Å². The van der Waals surface area contributed by atoms with Gasteiger partial charge >= 0.3 is 17.6 Å². The van der Waals surface area contributed by atoms with Crippen LogP contribution in [0.2, 0.25) is 0 Å². The molecule has 1 N–H and O–H groups in total. The molecule has 35 heavy (non-hydrogen) atoms. The van der Waals surface area contributed by atoms with E-state index in [-0.39, 0.29) is 23.5 Å². The molecule has 0 saturated carbocycles. The Balaban J connectivity index is 1.95. The number of nitrogens with one attached hydrogen (secondary N) is 1. The van der Waals surface area contributed by atoms with E-state index in [4.69, 9.17) is 25.8 Å². The lowest BCUT2D eigenvalue weighted by molar-refractivity contribution is -0.155. The number of nitrogens with zero attached hydrogens (tertiary/aromatic N) is 1. The minimum absolute atomic E-state index is 0.0000989. The summed E-state index contributed by atoms with van der Waals surface area (Å²) < 4.78 is 42.3. The molecule has 0 radical (unpaired) electrons. The van der Waals surface area contributed by atoms with Gasteiger partial charge in [0.2, 0.25) is 9.84 Å². The maximum absolute atomic E-state index is 12.7. The lowest BCUT2D eigenvalue weighted by atomic mass is 10.2. The summed E-state index contributed by atoms with van der Waals surface area (Å²) in [5.41, 5.74) is -1.20. The van der Waals surface area contributed by atoms with Crippen molar-refractivity contribution in [3.63, 3.8) is 0 Å². The Morgan fingerprint density at radius 2 is 1.86 bits per heavy atom. The number of ether oxygens (including phenoxy) is 3. The number of aromatic amines is 1. The molecule has 1 aliphatic rings. The molecule has 3 rings (SSSR count). The third-order valence-electron chi connectivity index (χ3n) is 5.09. The van der Waals surface area contributed by atoms with E-state index in [2.05, 4.69) is 4.98 Å². The number of carbonyl (C=O) groups excluding carboxylic acids is 2. The van der Waals surface area contributed by atoms with E-state index in [0.29, 0.717) is 0 Å². The standard InChI is InChI=1S/C22H23ClN2O9S/c1-12-4-6-15(7-5-12)35(30,31)11-17(23)16-9-25(22(29)24-21(16)28)20-8-18(33-14(3)27)19(34-20)10-32-13(2)26/h4-7,9,11,18-20H,8,10H2,1-3H3,(H,24,28,29)/b17-11+/t18-,19+,20+/m0/s1. The van der Waals surface area contributed by atoms with Gasteiger partial charge in [-0.1, -0.05) is 29.3 Å². The van der Waals surface area contributed by atoms with Crippen LogP contribution in [0, 0.1) is 6.92 Å². The second-order valence-electron chi connectivity index (χ2n) is 7.85. The average Bonchev–Trinajstić information content (AvgIpc) is 3.13. The Bertz CT molecular complexity index is 1380. The normalized spacial score (nSPS) is 20.5. The van der Waals surface area contributed by atoms with Gasteiger partial charge in [0.1, 0.15) is 25.0 Å². The summed E-state index contributed by atoms with van der Waals surface area (Å²) in [6.45, 7) is 3.96. The van der Waals surface area contributed by atoms with Gasteiger partial charge in [0.15, 0.2) is 0 Å². The van der Waals surface area contributed by atoms with Crippen molar-refractivity contribution >= 4 is 38.4 Å². The fraction of sp³-hybridized carbons (Fsp3) is 0.364. The first-order chi connectivity index (χ1) is 16.4. The SMILES string of the molecule is CC(=O)OC[C@H]1O[C@@H](n2cc(/C(Cl)=C\S(=O)(=O)c3ccc(C)cc3)c(=O)[nH]c2=O)C[C@@H]1OC(C)=O. The second kappa shape index (κ2) is 10.6. The molecule has 1 fully saturated rings. The highest BCUT2D eigenvalue weighted by Gasteiger charge is 2.40. The van der Waals surface area contributed by atoms with Crippen LogP contribution in [0.1, 0.15) is 37.6 Å². The number of esters is 2. The Morgan fingerprint density at radius 3 is 2.46 bits per heavy atom. The van der Waals surface area contributed by atoms with Crippen LogP contribution in [0.3, 0.4) is 0 Å². The highest BCUT2D eigenvalue weighted by molar-refractivity contribution is 7.94. The van der Waals surface area contributed by atoms with Crippen LogP contribution >= 0.6 is 11.6 Å². The second-order valence-corrected chi connectivity index (χ2v) is 10.1. The number of hydrogen-bond donors (Lipinski definition) is 1. The molecule has 1 aromatic heterocycles. The summed E-state index contributed by atoms with van der Waals surface area (Å²) in [5, 5.41) is 0.297. The van der Waals surface area contributed by atoms with Gasteiger partial charge in [0.05, 0.1) is 20.9 Å². The average molecular weight is 527 g/mol. The number of carbonyl (C=O) groups is 2. The van der Waals surface area contributed by atoms with Crippen molar-refractivity contribution in [1.82, 2.24) is 9.55 Å². The predicted octanol–water partition coefficient (Wildman–Crippen LogP) is 1.64. The summed E-state index contributed by atoms with van der Waals surface area (Å²) in [6.07, 6.45) is -1.68. The zero-order valence-electron chi connectivity index (χ0n) is 19.0. The molecule has 188 valence electrons. The summed E-state index contributed by atoms with van der Waals surface area (Å²) in [7, 11) is -4.00. The number of hydrogen-bond acceptors (Lipinski definition) is 9. The Morgan fingerprint density at radius 1 is 1.20 bits per heavy atom. The first-order valence-corrected chi connectivity index (χ1v) is 12.3. The minimum Gasteiger partial charge on any atom is -0.463 e. The van der Waals surface area contributed by atoms with Crippen molar-refractivity contribution in [1.29, 1.82) is 0 Å². The number of benzene rings is 1. The fourth-order valence-electron chi connectivity index (χ4n) is 3.42. The molecule has 0 unspecified atom stereocenters. The van der Waals surface area contributed by atoms with E-state index < -0.39 is 56.5 Å². The molecule has 1 saturated heterocycles. The Labute approximate surface area is 205 Å². The van der Waals surface area contributed by atoms with Crippen molar-refractivity contribution in [3.05, 3.63) is 67.8 Å². The first-order valence-electron chi connectivity index (χ1n) is 10.4. The number of sulfone groups is 1. The van der Waals surface area contributed by atoms with Gasteiger partial charge in [-0.3, -0.25) is 23.9 Å². The third kappa shape index (κ3) is 6.47. The molecule has 2 aromatic rings. The molecule has 0 bridgehead atoms. The maximum Gasteiger partial charge on any atom is 0.330 e. The molecule has 2 heterocycles. The molecule has 0 aliphatic carbocycles. The number of H-pyrrole nitrogens is 1. The molecular weight excluding hydrogens is 504 g/mol. The zero-order valence-corrected chi connectivity index (χ0v) is 20.6. The monoisotopic (exact) mass is 526 g/mol. The number of halogens is 1. The van der Waals surface area contributed by atoms with E-state index in [1.807, 2.05) is 0 Å². The van der Waals surface area contributed by atoms with Crippen LogP contribution in [0.15, 0.2) is 50.4 Å². The molecular formula is C22H23ClN2O9S. The van der Waals surface area contributed by atoms with Gasteiger partial charge in [0.25, 0.3) is 5.56 Å². The number of aromatic nitrogens is 2. The summed E-state index contributed by atoms with van der Waals surface area (Å²) in [4.78, 5) is 49.6. The topological polar surface area (TPSA) is 151 Å². The van der Waals surface area contributed by atoms with Gasteiger partial charge in [-0.25, -0.2) is 13.2 Å². The highest BCUT2D eigenvalue weighted by Crippen LogP contribution is 2.31. The van der Waals surface area contributed by atoms with Crippen LogP contribution in [0.25, 0.3) is 5.03 Å². The summed E-state index contributed by atoms with van der Waals surface area (Å²) >= 11 is 6.20. The van der Waals surface area contributed by atoms with Crippen molar-refractivity contribution < 1.29 is 32.2 Å². The van der Waals surface area contributed by atoms with Gasteiger partial charge in [-0.05, 0) is 19.1 Å². The van der Waals surface area contributed by atoms with Gasteiger partial charge in [-0.15, -0.1) is 0 Å². The summed E-state index contributed by atoms with van der Waals surface area (Å²) in [6, 6.07) is 6.04. The van der Waals surface area contributed by atoms with Crippen molar-refractivity contribution in [3.8, 4) is 0 Å². The smallest absolute Gasteiger partial charge is 0.330 e. The van der Waals surface area contributed by atoms with Crippen molar-refractivity contribution in [2.75, 3.05) is 6.61 Å². The van der Waals surface area contributed by atoms with E-state index in [1.54, 1.807) is 19.1 Å². The van der Waals surface area contributed by atoms with Crippen LogP contribution in [0.4, 0.5) is 0 Å². The number of rotatable bonds is 7. The van der Waals surface area contributed by atoms with E-state index >= 15 is 0 Å². The molecule has 0 spiro atoms. The fourth-order valence-corrected chi connectivity index (χ4v) is 4.96. The van der Waals surface area contributed by atoms with Crippen LogP contribution in [0.5, 0.6) is 0 Å². The lowest BCUT2D eigenvalue weighted by Crippen LogP contribution is -2.34. The molecule has 1 aromatic carbocycles. The Kier molecular flexibility index (Phi) is 7.98. The highest BCUT2D eigenvalue weighted by atomic mass is 35.5. The van der Waals surface area contributed by atoms with E-state index in [1.165, 1.54) is 26.0 Å². The molecule has 11 nitrogen and oxygen atoms in total. The molecule has 3 atom stereocenters. The van der Waals surface area contributed by atoms with E-state index in [0.717, 1.165) is 21.7 Å². The summed E-state index contributed by atoms with van der Waals surface area (Å²) in [5.74, 6) is -1.18. The quantitative estimate of drug-likeness (QED) is 0.531. The molecule has 0 amide bonds. The van der Waals surface area contributed by atoms with Crippen molar-refractivity contribution in [2.24, 2.45) is 0 Å². The minimum atomic E-state index is -4.00. The predicted molar refractivity (Wildman–Crippen MR) is 124 cm³/mol. The van der Waals surface area contributed by atoms with Crippen molar-refractivity contribution in [2.45, 2.75) is 50.5 Å². The first kappa shape index (κ1) is 26.4. The lowest BCUT2D eigenvalue weighted by Gasteiger charge is -2.17. The van der Waals surface area contributed by atoms with Gasteiger partial charge in [-0.2, -0.15) is 0 Å². The van der Waals surface area contributed by atoms with Gasteiger partial charge < -0.3 is 14.2 Å².